The van der Waals surface area contributed by atoms with E-state index < -0.39 is 0 Å². The van der Waals surface area contributed by atoms with Crippen LogP contribution in [0.4, 0.5) is 0 Å². The van der Waals surface area contributed by atoms with E-state index in [4.69, 9.17) is 0 Å². The van der Waals surface area contributed by atoms with Crippen molar-refractivity contribution >= 4 is 15.2 Å². The summed E-state index contributed by atoms with van der Waals surface area (Å²) in [5, 5.41) is 1.13. The lowest BCUT2D eigenvalue weighted by Gasteiger charge is -2.48. The molecule has 0 aromatic rings. The SMILES string of the molecule is CC(C)(C)P([PH+]1C2CCCC1CCC2)C(C)(C)C. The van der Waals surface area contributed by atoms with Gasteiger partial charge in [-0.25, -0.2) is 0 Å². The second kappa shape index (κ2) is 5.33. The first-order valence-corrected chi connectivity index (χ1v) is 11.7. The first-order chi connectivity index (χ1) is 8.21. The van der Waals surface area contributed by atoms with Crippen molar-refractivity contribution in [1.82, 2.24) is 0 Å². The third-order valence-corrected chi connectivity index (χ3v) is 18.4. The van der Waals surface area contributed by atoms with E-state index in [1.165, 1.54) is 11.3 Å². The molecule has 18 heavy (non-hydrogen) atoms. The Morgan fingerprint density at radius 1 is 0.722 bits per heavy atom. The Morgan fingerprint density at radius 2 is 1.06 bits per heavy atom. The fraction of sp³-hybridized carbons (Fsp3) is 1.00. The van der Waals surface area contributed by atoms with Gasteiger partial charge >= 0.3 is 0 Å². The van der Waals surface area contributed by atoms with Gasteiger partial charge in [0.2, 0.25) is 0 Å². The highest BCUT2D eigenvalue weighted by Crippen LogP contribution is 2.87. The summed E-state index contributed by atoms with van der Waals surface area (Å²) in [6.45, 7) is 15.2. The molecule has 2 rings (SSSR count). The molecule has 0 radical (unpaired) electrons. The number of rotatable bonds is 1. The zero-order valence-electron chi connectivity index (χ0n) is 13.3. The van der Waals surface area contributed by atoms with Crippen LogP contribution in [-0.4, -0.2) is 21.6 Å². The minimum Gasteiger partial charge on any atom is -0.0528 e. The summed E-state index contributed by atoms with van der Waals surface area (Å²) in [6.07, 6.45) is 9.40. The average Bonchev–Trinajstić information content (AvgIpc) is 2.11. The molecule has 2 heteroatoms. The molecule has 0 aromatic carbocycles. The predicted molar refractivity (Wildman–Crippen MR) is 90.0 cm³/mol. The standard InChI is InChI=1S/C16H32P2/c1-15(2,3)18(16(4,5)6)17-13-9-7-10-14(17)12-8-11-13/h13-14H,7-12H2,1-6H3/p+1. The van der Waals surface area contributed by atoms with Gasteiger partial charge in [0.15, 0.2) is 0 Å². The normalized spacial score (nSPS) is 33.8. The molecule has 0 aromatic heterocycles. The molecular weight excluding hydrogens is 254 g/mol. The molecule has 2 fully saturated rings. The van der Waals surface area contributed by atoms with E-state index in [1.807, 2.05) is 0 Å². The lowest BCUT2D eigenvalue weighted by Crippen LogP contribution is -2.33. The lowest BCUT2D eigenvalue weighted by atomic mass is 9.99. The summed E-state index contributed by atoms with van der Waals surface area (Å²) >= 11 is 0. The molecule has 2 heterocycles. The summed E-state index contributed by atoms with van der Waals surface area (Å²) in [5.74, 6) is 0. The number of fused-ring (bicyclic) bond motifs is 2. The van der Waals surface area contributed by atoms with Gasteiger partial charge < -0.3 is 0 Å². The molecule has 0 aliphatic carbocycles. The maximum absolute atomic E-state index is 2.53. The second-order valence-electron chi connectivity index (χ2n) is 8.36. The van der Waals surface area contributed by atoms with Crippen LogP contribution >= 0.6 is 15.2 Å². The minimum absolute atomic E-state index is 0.117. The monoisotopic (exact) mass is 287 g/mol. The largest absolute Gasteiger partial charge is 0.0700 e. The molecule has 2 aliphatic heterocycles. The van der Waals surface area contributed by atoms with E-state index >= 15 is 0 Å². The van der Waals surface area contributed by atoms with Gasteiger partial charge in [-0.3, -0.25) is 0 Å². The molecule has 0 spiro atoms. The van der Waals surface area contributed by atoms with Crippen molar-refractivity contribution in [3.05, 3.63) is 0 Å². The number of hydrogen-bond donors (Lipinski definition) is 0. The Morgan fingerprint density at radius 3 is 1.33 bits per heavy atom. The van der Waals surface area contributed by atoms with E-state index in [0.717, 1.165) is 0 Å². The van der Waals surface area contributed by atoms with Gasteiger partial charge in [-0.2, -0.15) is 0 Å². The van der Waals surface area contributed by atoms with Crippen LogP contribution in [0.5, 0.6) is 0 Å². The Hall–Kier alpha value is 0.860. The third kappa shape index (κ3) is 3.12. The Labute approximate surface area is 117 Å². The van der Waals surface area contributed by atoms with Crippen LogP contribution in [-0.2, 0) is 0 Å². The molecular formula is C16H33P2+. The van der Waals surface area contributed by atoms with Crippen LogP contribution in [0, 0.1) is 0 Å². The van der Waals surface area contributed by atoms with Crippen molar-refractivity contribution < 1.29 is 0 Å². The van der Waals surface area contributed by atoms with E-state index in [0.29, 0.717) is 10.3 Å². The summed E-state index contributed by atoms with van der Waals surface area (Å²) in [4.78, 5) is 0. The van der Waals surface area contributed by atoms with Gasteiger partial charge in [0, 0.05) is 17.9 Å². The van der Waals surface area contributed by atoms with Gasteiger partial charge in [-0.05, 0) is 38.5 Å². The van der Waals surface area contributed by atoms with Gasteiger partial charge in [-0.1, -0.05) is 41.5 Å². The summed E-state index contributed by atoms with van der Waals surface area (Å²) < 4.78 is 0. The van der Waals surface area contributed by atoms with Crippen molar-refractivity contribution in [2.45, 2.75) is 102 Å². The van der Waals surface area contributed by atoms with Crippen LogP contribution in [0.3, 0.4) is 0 Å². The van der Waals surface area contributed by atoms with E-state index in [2.05, 4.69) is 41.5 Å². The van der Waals surface area contributed by atoms with E-state index in [1.54, 1.807) is 38.5 Å². The molecule has 0 atom stereocenters. The van der Waals surface area contributed by atoms with E-state index in [-0.39, 0.29) is 15.2 Å². The van der Waals surface area contributed by atoms with Crippen LogP contribution in [0.1, 0.15) is 80.1 Å². The third-order valence-electron chi connectivity index (χ3n) is 4.65. The quantitative estimate of drug-likeness (QED) is 0.496. The summed E-state index contributed by atoms with van der Waals surface area (Å²) in [5.41, 5.74) is 2.35. The van der Waals surface area contributed by atoms with Crippen molar-refractivity contribution in [2.75, 3.05) is 0 Å². The zero-order valence-corrected chi connectivity index (χ0v) is 15.2. The Balaban J connectivity index is 2.30. The van der Waals surface area contributed by atoms with Crippen LogP contribution in [0.2, 0.25) is 0 Å². The van der Waals surface area contributed by atoms with Crippen LogP contribution in [0.15, 0.2) is 0 Å². The fourth-order valence-corrected chi connectivity index (χ4v) is 19.9. The molecule has 106 valence electrons. The smallest absolute Gasteiger partial charge is 0.0528 e. The Bertz CT molecular complexity index is 248. The number of hydrogen-bond acceptors (Lipinski definition) is 0. The molecule has 0 saturated carbocycles. The first-order valence-electron chi connectivity index (χ1n) is 7.88. The maximum atomic E-state index is 2.53. The van der Waals surface area contributed by atoms with Crippen molar-refractivity contribution in [3.63, 3.8) is 0 Å². The van der Waals surface area contributed by atoms with Gasteiger partial charge in [0.05, 0.1) is 18.9 Å². The van der Waals surface area contributed by atoms with Gasteiger partial charge in [0.1, 0.15) is 0 Å². The topological polar surface area (TPSA) is 0 Å². The summed E-state index contributed by atoms with van der Waals surface area (Å²) in [7, 11) is 0.0912. The zero-order chi connectivity index (χ0) is 13.6. The van der Waals surface area contributed by atoms with Crippen molar-refractivity contribution in [3.8, 4) is 0 Å². The second-order valence-corrected chi connectivity index (χ2v) is 17.1. The summed E-state index contributed by atoms with van der Waals surface area (Å²) in [6, 6.07) is 0. The lowest BCUT2D eigenvalue weighted by molar-refractivity contribution is 0.480. The fourth-order valence-electron chi connectivity index (χ4n) is 4.58. The molecule has 2 saturated heterocycles. The highest BCUT2D eigenvalue weighted by Gasteiger charge is 2.54. The van der Waals surface area contributed by atoms with Gasteiger partial charge in [0.25, 0.3) is 0 Å². The maximum Gasteiger partial charge on any atom is 0.0700 e. The predicted octanol–water partition coefficient (Wildman–Crippen LogP) is 6.30. The first kappa shape index (κ1) is 15.3. The molecule has 2 bridgehead atoms. The molecule has 0 unspecified atom stereocenters. The molecule has 0 N–H and O–H groups in total. The van der Waals surface area contributed by atoms with Crippen molar-refractivity contribution in [1.29, 1.82) is 0 Å². The highest BCUT2D eigenvalue weighted by molar-refractivity contribution is 8.31. The van der Waals surface area contributed by atoms with Crippen LogP contribution < -0.4 is 0 Å². The van der Waals surface area contributed by atoms with Crippen LogP contribution in [0.25, 0.3) is 0 Å². The van der Waals surface area contributed by atoms with Crippen molar-refractivity contribution in [2.24, 2.45) is 0 Å². The molecule has 0 nitrogen and oxygen atoms in total. The highest BCUT2D eigenvalue weighted by atomic mass is 32.1. The van der Waals surface area contributed by atoms with E-state index in [9.17, 15) is 0 Å². The Kier molecular flexibility index (Phi) is 4.52. The molecule has 2 aliphatic rings. The average molecular weight is 287 g/mol. The van der Waals surface area contributed by atoms with Gasteiger partial charge in [-0.15, -0.1) is 0 Å². The molecule has 0 amide bonds. The minimum atomic E-state index is -0.117.